The number of hydrogen-bond donors (Lipinski definition) is 0. The summed E-state index contributed by atoms with van der Waals surface area (Å²) in [6.45, 7) is 6.05. The summed E-state index contributed by atoms with van der Waals surface area (Å²) in [6, 6.07) is 19.9. The number of carbonyl (C=O) groups excluding carboxylic acids is 2. The molecule has 0 spiro atoms. The molecule has 0 aliphatic carbocycles. The van der Waals surface area contributed by atoms with Crippen molar-refractivity contribution in [3.05, 3.63) is 94.5 Å². The average molecular weight is 417 g/mol. The molecule has 0 N–H and O–H groups in total. The molecule has 0 atom stereocenters. The fraction of sp³-hybridized carbons (Fsp3) is 0.259. The van der Waals surface area contributed by atoms with Crippen LogP contribution in [0.15, 0.2) is 66.7 Å². The maximum Gasteiger partial charge on any atom is 0.343 e. The summed E-state index contributed by atoms with van der Waals surface area (Å²) in [5, 5.41) is 0. The minimum atomic E-state index is -0.417. The second-order valence-corrected chi connectivity index (χ2v) is 7.60. The number of esters is 2. The molecule has 0 saturated carbocycles. The molecule has 31 heavy (non-hydrogen) atoms. The van der Waals surface area contributed by atoms with Gasteiger partial charge < -0.3 is 9.47 Å². The molecule has 0 bridgehead atoms. The quantitative estimate of drug-likeness (QED) is 0.318. The lowest BCUT2D eigenvalue weighted by atomic mass is 10.1. The summed E-state index contributed by atoms with van der Waals surface area (Å²) in [5.74, 6) is 0.0117. The lowest BCUT2D eigenvalue weighted by molar-refractivity contribution is 0.0718. The van der Waals surface area contributed by atoms with Gasteiger partial charge in [0.1, 0.15) is 11.5 Å². The summed E-state index contributed by atoms with van der Waals surface area (Å²) < 4.78 is 11.0. The lowest BCUT2D eigenvalue weighted by Gasteiger charge is -2.10. The van der Waals surface area contributed by atoms with Gasteiger partial charge in [0, 0.05) is 0 Å². The fourth-order valence-corrected chi connectivity index (χ4v) is 3.32. The van der Waals surface area contributed by atoms with E-state index in [1.807, 2.05) is 31.2 Å². The maximum atomic E-state index is 12.4. The van der Waals surface area contributed by atoms with Crippen molar-refractivity contribution < 1.29 is 19.1 Å². The van der Waals surface area contributed by atoms with Crippen LogP contribution in [0.2, 0.25) is 0 Å². The summed E-state index contributed by atoms with van der Waals surface area (Å²) in [7, 11) is 0. The third-order valence-electron chi connectivity index (χ3n) is 5.02. The standard InChI is InChI=1S/C27H28O4/c1-4-6-20-8-12-22(13-9-20)26(28)30-24-16-17-25(19(3)18-24)31-27(29)23-14-10-21(7-5-2)11-15-23/h8-18H,4-7H2,1-3H3. The van der Waals surface area contributed by atoms with E-state index in [1.54, 1.807) is 42.5 Å². The second kappa shape index (κ2) is 10.6. The Hall–Kier alpha value is -3.40. The smallest absolute Gasteiger partial charge is 0.343 e. The first-order valence-corrected chi connectivity index (χ1v) is 10.7. The van der Waals surface area contributed by atoms with E-state index < -0.39 is 11.9 Å². The molecule has 3 aromatic rings. The van der Waals surface area contributed by atoms with Crippen LogP contribution in [0.25, 0.3) is 0 Å². The third-order valence-corrected chi connectivity index (χ3v) is 5.02. The summed E-state index contributed by atoms with van der Waals surface area (Å²) in [5.41, 5.74) is 4.10. The van der Waals surface area contributed by atoms with E-state index in [0.29, 0.717) is 28.2 Å². The molecule has 3 aromatic carbocycles. The molecule has 0 aromatic heterocycles. The van der Waals surface area contributed by atoms with Gasteiger partial charge in [-0.3, -0.25) is 0 Å². The molecule has 0 fully saturated rings. The van der Waals surface area contributed by atoms with Crippen molar-refractivity contribution in [2.24, 2.45) is 0 Å². The van der Waals surface area contributed by atoms with Gasteiger partial charge in [-0.15, -0.1) is 0 Å². The van der Waals surface area contributed by atoms with Crippen LogP contribution < -0.4 is 9.47 Å². The first kappa shape index (κ1) is 22.3. The molecule has 3 rings (SSSR count). The molecule has 0 aliphatic heterocycles. The molecular weight excluding hydrogens is 388 g/mol. The Morgan fingerprint density at radius 1 is 0.677 bits per heavy atom. The third kappa shape index (κ3) is 6.05. The molecule has 0 saturated heterocycles. The zero-order valence-corrected chi connectivity index (χ0v) is 18.3. The molecule has 4 heteroatoms. The molecule has 0 heterocycles. The molecular formula is C27H28O4. The number of hydrogen-bond acceptors (Lipinski definition) is 4. The zero-order valence-electron chi connectivity index (χ0n) is 18.3. The van der Waals surface area contributed by atoms with Crippen LogP contribution in [0.3, 0.4) is 0 Å². The predicted octanol–water partition coefficient (Wildman–Crippen LogP) is 6.34. The van der Waals surface area contributed by atoms with E-state index in [1.165, 1.54) is 11.1 Å². The average Bonchev–Trinajstić information content (AvgIpc) is 2.77. The Morgan fingerprint density at radius 3 is 1.61 bits per heavy atom. The van der Waals surface area contributed by atoms with Gasteiger partial charge in [0.25, 0.3) is 0 Å². The Bertz CT molecular complexity index is 1030. The highest BCUT2D eigenvalue weighted by molar-refractivity contribution is 5.92. The predicted molar refractivity (Wildman–Crippen MR) is 122 cm³/mol. The van der Waals surface area contributed by atoms with Crippen molar-refractivity contribution in [3.63, 3.8) is 0 Å². The molecule has 160 valence electrons. The van der Waals surface area contributed by atoms with Crippen molar-refractivity contribution in [1.82, 2.24) is 0 Å². The van der Waals surface area contributed by atoms with Crippen LogP contribution in [0.4, 0.5) is 0 Å². The van der Waals surface area contributed by atoms with Crippen LogP contribution in [0, 0.1) is 6.92 Å². The van der Waals surface area contributed by atoms with Gasteiger partial charge in [0.15, 0.2) is 0 Å². The largest absolute Gasteiger partial charge is 0.423 e. The maximum absolute atomic E-state index is 12.4. The van der Waals surface area contributed by atoms with E-state index in [9.17, 15) is 9.59 Å². The van der Waals surface area contributed by atoms with Crippen LogP contribution in [0.1, 0.15) is 64.1 Å². The SMILES string of the molecule is CCCc1ccc(C(=O)Oc2ccc(OC(=O)c3ccc(CCC)cc3)c(C)c2)cc1. The van der Waals surface area contributed by atoms with Gasteiger partial charge in [-0.05, 0) is 78.9 Å². The van der Waals surface area contributed by atoms with E-state index in [-0.39, 0.29) is 0 Å². The van der Waals surface area contributed by atoms with Crippen LogP contribution in [-0.2, 0) is 12.8 Å². The van der Waals surface area contributed by atoms with E-state index >= 15 is 0 Å². The van der Waals surface area contributed by atoms with Gasteiger partial charge in [-0.1, -0.05) is 51.0 Å². The monoisotopic (exact) mass is 416 g/mol. The van der Waals surface area contributed by atoms with Gasteiger partial charge >= 0.3 is 11.9 Å². The summed E-state index contributed by atoms with van der Waals surface area (Å²) in [4.78, 5) is 24.9. The minimum absolute atomic E-state index is 0.406. The number of aryl methyl sites for hydroxylation is 3. The van der Waals surface area contributed by atoms with Crippen molar-refractivity contribution >= 4 is 11.9 Å². The van der Waals surface area contributed by atoms with Gasteiger partial charge in [-0.25, -0.2) is 9.59 Å². The topological polar surface area (TPSA) is 52.6 Å². The van der Waals surface area contributed by atoms with Crippen LogP contribution in [0.5, 0.6) is 11.5 Å². The van der Waals surface area contributed by atoms with Crippen molar-refractivity contribution in [3.8, 4) is 11.5 Å². The zero-order chi connectivity index (χ0) is 22.2. The van der Waals surface area contributed by atoms with E-state index in [0.717, 1.165) is 25.7 Å². The first-order chi connectivity index (χ1) is 15.0. The Balaban J connectivity index is 1.63. The second-order valence-electron chi connectivity index (χ2n) is 7.60. The van der Waals surface area contributed by atoms with Gasteiger partial charge in [-0.2, -0.15) is 0 Å². The highest BCUT2D eigenvalue weighted by Gasteiger charge is 2.13. The number of ether oxygens (including phenoxy) is 2. The minimum Gasteiger partial charge on any atom is -0.423 e. The first-order valence-electron chi connectivity index (χ1n) is 10.7. The van der Waals surface area contributed by atoms with Crippen molar-refractivity contribution in [1.29, 1.82) is 0 Å². The Labute approximate surface area is 183 Å². The van der Waals surface area contributed by atoms with Gasteiger partial charge in [0.05, 0.1) is 11.1 Å². The molecule has 4 nitrogen and oxygen atoms in total. The number of rotatable bonds is 8. The molecule has 0 aliphatic rings. The van der Waals surface area contributed by atoms with Crippen molar-refractivity contribution in [2.45, 2.75) is 46.5 Å². The van der Waals surface area contributed by atoms with Crippen LogP contribution in [-0.4, -0.2) is 11.9 Å². The summed E-state index contributed by atoms with van der Waals surface area (Å²) >= 11 is 0. The highest BCUT2D eigenvalue weighted by Crippen LogP contribution is 2.25. The van der Waals surface area contributed by atoms with E-state index in [2.05, 4.69) is 13.8 Å². The Kier molecular flexibility index (Phi) is 7.60. The normalized spacial score (nSPS) is 10.5. The Morgan fingerprint density at radius 2 is 1.16 bits per heavy atom. The number of benzene rings is 3. The van der Waals surface area contributed by atoms with Gasteiger partial charge in [0.2, 0.25) is 0 Å². The fourth-order valence-electron chi connectivity index (χ4n) is 3.32. The van der Waals surface area contributed by atoms with Crippen molar-refractivity contribution in [2.75, 3.05) is 0 Å². The van der Waals surface area contributed by atoms with E-state index in [4.69, 9.17) is 9.47 Å². The number of carbonyl (C=O) groups is 2. The molecule has 0 radical (unpaired) electrons. The lowest BCUT2D eigenvalue weighted by Crippen LogP contribution is -2.10. The molecule has 0 amide bonds. The summed E-state index contributed by atoms with van der Waals surface area (Å²) in [6.07, 6.45) is 4.09. The molecule has 0 unspecified atom stereocenters. The van der Waals surface area contributed by atoms with Crippen LogP contribution >= 0.6 is 0 Å². The highest BCUT2D eigenvalue weighted by atomic mass is 16.5.